The van der Waals surface area contributed by atoms with E-state index in [4.69, 9.17) is 4.99 Å². The first kappa shape index (κ1) is 20.6. The smallest absolute Gasteiger partial charge is 0.227 e. The molecule has 1 fully saturated rings. The van der Waals surface area contributed by atoms with Crippen LogP contribution in [0.3, 0.4) is 0 Å². The summed E-state index contributed by atoms with van der Waals surface area (Å²) in [6.07, 6.45) is 4.78. The van der Waals surface area contributed by atoms with Gasteiger partial charge in [0.1, 0.15) is 12.7 Å². The number of guanidine groups is 1. The van der Waals surface area contributed by atoms with Crippen molar-refractivity contribution >= 4 is 17.6 Å². The topological polar surface area (TPSA) is 87.4 Å². The van der Waals surface area contributed by atoms with Crippen LogP contribution in [-0.2, 0) is 17.9 Å². The number of anilines is 1. The summed E-state index contributed by atoms with van der Waals surface area (Å²) >= 11 is 0. The predicted molar refractivity (Wildman–Crippen MR) is 121 cm³/mol. The minimum Gasteiger partial charge on any atom is -0.357 e. The Morgan fingerprint density at radius 2 is 1.77 bits per heavy atom. The fraction of sp³-hybridized carbons (Fsp3) is 0.304. The van der Waals surface area contributed by atoms with Crippen LogP contribution in [0.2, 0.25) is 0 Å². The molecule has 0 radical (unpaired) electrons. The summed E-state index contributed by atoms with van der Waals surface area (Å²) in [4.78, 5) is 22.4. The van der Waals surface area contributed by atoms with Crippen molar-refractivity contribution in [2.75, 3.05) is 18.0 Å². The second-order valence-corrected chi connectivity index (χ2v) is 7.37. The molecule has 1 aromatic heterocycles. The van der Waals surface area contributed by atoms with E-state index in [1.165, 1.54) is 6.33 Å². The van der Waals surface area contributed by atoms with Gasteiger partial charge in [0.2, 0.25) is 5.91 Å². The van der Waals surface area contributed by atoms with E-state index in [2.05, 4.69) is 32.8 Å². The molecule has 160 valence electrons. The Balaban J connectivity index is 1.34. The molecule has 4 rings (SSSR count). The number of carbonyl (C=O) groups is 1. The van der Waals surface area contributed by atoms with Gasteiger partial charge in [0.25, 0.3) is 0 Å². The third-order valence-corrected chi connectivity index (χ3v) is 5.16. The van der Waals surface area contributed by atoms with E-state index in [0.717, 1.165) is 48.0 Å². The summed E-state index contributed by atoms with van der Waals surface area (Å²) in [6, 6.07) is 16.2. The number of nitrogens with zero attached hydrogens (tertiary/aromatic N) is 5. The van der Waals surface area contributed by atoms with Gasteiger partial charge in [-0.1, -0.05) is 24.3 Å². The first-order valence-electron chi connectivity index (χ1n) is 10.6. The minimum atomic E-state index is 0.207. The van der Waals surface area contributed by atoms with Gasteiger partial charge < -0.3 is 15.5 Å². The fourth-order valence-corrected chi connectivity index (χ4v) is 3.51. The SMILES string of the molecule is CCNC(=NCc1ccc(N2CCCC2=O)cc1)NCc1ccc(-n2cncn2)cc1. The molecule has 0 atom stereocenters. The summed E-state index contributed by atoms with van der Waals surface area (Å²) in [6.45, 7) is 4.87. The molecule has 8 nitrogen and oxygen atoms in total. The molecule has 2 heterocycles. The highest BCUT2D eigenvalue weighted by molar-refractivity contribution is 5.95. The number of hydrogen-bond acceptors (Lipinski definition) is 4. The number of nitrogens with one attached hydrogen (secondary N) is 2. The molecule has 1 aliphatic rings. The van der Waals surface area contributed by atoms with Gasteiger partial charge in [0.05, 0.1) is 12.2 Å². The van der Waals surface area contributed by atoms with Crippen molar-refractivity contribution in [1.82, 2.24) is 25.4 Å². The summed E-state index contributed by atoms with van der Waals surface area (Å²) in [7, 11) is 0. The fourth-order valence-electron chi connectivity index (χ4n) is 3.51. The van der Waals surface area contributed by atoms with Gasteiger partial charge in [0, 0.05) is 31.7 Å². The van der Waals surface area contributed by atoms with Crippen molar-refractivity contribution in [3.8, 4) is 5.69 Å². The molecule has 0 unspecified atom stereocenters. The van der Waals surface area contributed by atoms with Gasteiger partial charge >= 0.3 is 0 Å². The van der Waals surface area contributed by atoms with Crippen molar-refractivity contribution in [2.24, 2.45) is 4.99 Å². The molecule has 1 saturated heterocycles. The summed E-state index contributed by atoms with van der Waals surface area (Å²) in [5.74, 6) is 0.973. The van der Waals surface area contributed by atoms with Crippen LogP contribution in [0.15, 0.2) is 66.2 Å². The molecule has 0 aliphatic carbocycles. The number of aliphatic imine (C=N–C) groups is 1. The lowest BCUT2D eigenvalue weighted by atomic mass is 10.2. The van der Waals surface area contributed by atoms with Crippen LogP contribution in [0.5, 0.6) is 0 Å². The Kier molecular flexibility index (Phi) is 6.56. The number of hydrogen-bond donors (Lipinski definition) is 2. The molecule has 2 N–H and O–H groups in total. The normalized spacial score (nSPS) is 14.2. The largest absolute Gasteiger partial charge is 0.357 e. The zero-order valence-corrected chi connectivity index (χ0v) is 17.7. The van der Waals surface area contributed by atoms with Crippen molar-refractivity contribution in [3.63, 3.8) is 0 Å². The van der Waals surface area contributed by atoms with Crippen LogP contribution < -0.4 is 15.5 Å². The van der Waals surface area contributed by atoms with Crippen molar-refractivity contribution in [1.29, 1.82) is 0 Å². The lowest BCUT2D eigenvalue weighted by Gasteiger charge is -2.16. The molecule has 3 aromatic rings. The van der Waals surface area contributed by atoms with Crippen LogP contribution in [0.25, 0.3) is 5.69 Å². The molecule has 0 spiro atoms. The standard InChI is InChI=1S/C23H27N7O/c1-2-25-23(27-15-19-7-11-21(12-8-19)30-17-24-16-28-30)26-14-18-5-9-20(10-6-18)29-13-3-4-22(29)31/h5-12,16-17H,2-4,13-15H2,1H3,(H2,25,26,27). The van der Waals surface area contributed by atoms with Gasteiger partial charge in [0.15, 0.2) is 5.96 Å². The zero-order chi connectivity index (χ0) is 21.5. The van der Waals surface area contributed by atoms with Gasteiger partial charge in [-0.3, -0.25) is 4.79 Å². The lowest BCUT2D eigenvalue weighted by molar-refractivity contribution is -0.117. The van der Waals surface area contributed by atoms with E-state index in [9.17, 15) is 4.79 Å². The second-order valence-electron chi connectivity index (χ2n) is 7.37. The molecule has 0 bridgehead atoms. The number of aromatic nitrogens is 3. The van der Waals surface area contributed by atoms with E-state index in [-0.39, 0.29) is 5.91 Å². The quantitative estimate of drug-likeness (QED) is 0.456. The van der Waals surface area contributed by atoms with Gasteiger partial charge in [-0.15, -0.1) is 0 Å². The Hall–Kier alpha value is -3.68. The Morgan fingerprint density at radius 1 is 1.03 bits per heavy atom. The second kappa shape index (κ2) is 9.88. The number of carbonyl (C=O) groups excluding carboxylic acids is 1. The minimum absolute atomic E-state index is 0.207. The Labute approximate surface area is 182 Å². The number of amides is 1. The van der Waals surface area contributed by atoms with E-state index >= 15 is 0 Å². The summed E-state index contributed by atoms with van der Waals surface area (Å²) in [5, 5.41) is 10.8. The maximum atomic E-state index is 11.9. The Bertz CT molecular complexity index is 1010. The van der Waals surface area contributed by atoms with Crippen molar-refractivity contribution < 1.29 is 4.79 Å². The lowest BCUT2D eigenvalue weighted by Crippen LogP contribution is -2.36. The molecule has 8 heteroatoms. The molecule has 0 saturated carbocycles. The molecule has 1 aliphatic heterocycles. The van der Waals surface area contributed by atoms with Gasteiger partial charge in [-0.2, -0.15) is 5.10 Å². The van der Waals surface area contributed by atoms with Crippen LogP contribution in [0, 0.1) is 0 Å². The maximum Gasteiger partial charge on any atom is 0.227 e. The van der Waals surface area contributed by atoms with E-state index < -0.39 is 0 Å². The predicted octanol–water partition coefficient (Wildman–Crippen LogP) is 2.65. The highest BCUT2D eigenvalue weighted by Gasteiger charge is 2.21. The summed E-state index contributed by atoms with van der Waals surface area (Å²) < 4.78 is 1.73. The van der Waals surface area contributed by atoms with E-state index in [0.29, 0.717) is 19.5 Å². The zero-order valence-electron chi connectivity index (χ0n) is 17.7. The van der Waals surface area contributed by atoms with Crippen molar-refractivity contribution in [3.05, 3.63) is 72.3 Å². The third-order valence-electron chi connectivity index (χ3n) is 5.16. The number of rotatable bonds is 7. The van der Waals surface area contributed by atoms with Crippen molar-refractivity contribution in [2.45, 2.75) is 32.9 Å². The Morgan fingerprint density at radius 3 is 2.42 bits per heavy atom. The first-order chi connectivity index (χ1) is 15.2. The maximum absolute atomic E-state index is 11.9. The third kappa shape index (κ3) is 5.28. The molecular weight excluding hydrogens is 390 g/mol. The molecule has 2 aromatic carbocycles. The molecule has 31 heavy (non-hydrogen) atoms. The van der Waals surface area contributed by atoms with E-state index in [1.54, 1.807) is 11.0 Å². The van der Waals surface area contributed by atoms with Gasteiger partial charge in [-0.05, 0) is 48.7 Å². The highest BCUT2D eigenvalue weighted by Crippen LogP contribution is 2.21. The van der Waals surface area contributed by atoms with Crippen LogP contribution in [0.1, 0.15) is 30.9 Å². The average Bonchev–Trinajstić information content (AvgIpc) is 3.49. The monoisotopic (exact) mass is 417 g/mol. The highest BCUT2D eigenvalue weighted by atomic mass is 16.2. The molecule has 1 amide bonds. The first-order valence-corrected chi connectivity index (χ1v) is 10.6. The number of benzene rings is 2. The van der Waals surface area contributed by atoms with Crippen LogP contribution in [0.4, 0.5) is 5.69 Å². The summed E-state index contributed by atoms with van der Waals surface area (Å²) in [5.41, 5.74) is 4.19. The van der Waals surface area contributed by atoms with Crippen LogP contribution >= 0.6 is 0 Å². The van der Waals surface area contributed by atoms with E-state index in [1.807, 2.05) is 48.2 Å². The molecular formula is C23H27N7O. The van der Waals surface area contributed by atoms with Gasteiger partial charge in [-0.25, -0.2) is 14.7 Å². The average molecular weight is 418 g/mol. The van der Waals surface area contributed by atoms with Crippen LogP contribution in [-0.4, -0.2) is 39.7 Å².